The number of Topliss-reactive ketones (excluding diaryl/α,β-unsaturated/α-hetero) is 3. The van der Waals surface area contributed by atoms with Gasteiger partial charge in [0.25, 0.3) is 0 Å². The maximum atomic E-state index is 10.8. The molecule has 4 nitrogen and oxygen atoms in total. The molecule has 0 aromatic heterocycles. The van der Waals surface area contributed by atoms with Crippen molar-refractivity contribution in [1.82, 2.24) is 0 Å². The quantitative estimate of drug-likeness (QED) is 0.667. The van der Waals surface area contributed by atoms with Crippen LogP contribution in [0.4, 0.5) is 0 Å². The molecule has 142 valence electrons. The maximum absolute atomic E-state index is 10.8. The summed E-state index contributed by atoms with van der Waals surface area (Å²) in [6.07, 6.45) is 9.00. The first-order valence-corrected chi connectivity index (χ1v) is 8.80. The molecule has 4 heteroatoms. The summed E-state index contributed by atoms with van der Waals surface area (Å²) >= 11 is 0. The molecule has 0 radical (unpaired) electrons. The van der Waals surface area contributed by atoms with Crippen molar-refractivity contribution in [2.24, 2.45) is 0 Å². The van der Waals surface area contributed by atoms with E-state index in [2.05, 4.69) is 0 Å². The fourth-order valence-electron chi connectivity index (χ4n) is 1.89. The number of ether oxygens (including phenoxy) is 1. The molecule has 1 aromatic carbocycles. The molecule has 1 saturated carbocycles. The number of carbonyl (C=O) groups excluding carboxylic acids is 3. The highest BCUT2D eigenvalue weighted by Gasteiger charge is 1.97. The second-order valence-corrected chi connectivity index (χ2v) is 6.22. The van der Waals surface area contributed by atoms with Gasteiger partial charge in [-0.2, -0.15) is 0 Å². The van der Waals surface area contributed by atoms with E-state index in [0.29, 0.717) is 5.56 Å². The molecule has 0 N–H and O–H groups in total. The lowest BCUT2D eigenvalue weighted by molar-refractivity contribution is -0.115. The van der Waals surface area contributed by atoms with Crippen molar-refractivity contribution in [2.75, 3.05) is 7.11 Å². The normalized spacial score (nSPS) is 11.9. The molecule has 1 aliphatic carbocycles. The van der Waals surface area contributed by atoms with Gasteiger partial charge in [-0.25, -0.2) is 0 Å². The number of rotatable bonds is 2. The number of benzene rings is 1. The van der Waals surface area contributed by atoms with Crippen LogP contribution in [0.25, 0.3) is 0 Å². The van der Waals surface area contributed by atoms with Gasteiger partial charge in [-0.1, -0.05) is 38.5 Å². The van der Waals surface area contributed by atoms with Crippen molar-refractivity contribution in [1.29, 1.82) is 0 Å². The lowest BCUT2D eigenvalue weighted by Gasteiger charge is -2.05. The molecule has 1 fully saturated rings. The van der Waals surface area contributed by atoms with Gasteiger partial charge in [0.05, 0.1) is 7.11 Å². The molecule has 1 aliphatic rings. The van der Waals surface area contributed by atoms with Gasteiger partial charge < -0.3 is 14.3 Å². The molecule has 0 spiro atoms. The Balaban J connectivity index is 0. The lowest BCUT2D eigenvalue weighted by atomic mass is 10.0. The topological polar surface area (TPSA) is 60.4 Å². The van der Waals surface area contributed by atoms with Crippen molar-refractivity contribution in [2.45, 2.75) is 73.1 Å². The van der Waals surface area contributed by atoms with Gasteiger partial charge in [-0.3, -0.25) is 4.79 Å². The van der Waals surface area contributed by atoms with Gasteiger partial charge in [0.1, 0.15) is 17.3 Å². The zero-order chi connectivity index (χ0) is 19.7. The van der Waals surface area contributed by atoms with E-state index in [-0.39, 0.29) is 17.3 Å². The van der Waals surface area contributed by atoms with Crippen LogP contribution < -0.4 is 4.74 Å². The van der Waals surface area contributed by atoms with Crippen molar-refractivity contribution in [3.63, 3.8) is 0 Å². The Labute approximate surface area is 153 Å². The van der Waals surface area contributed by atoms with Crippen molar-refractivity contribution >= 4 is 17.3 Å². The summed E-state index contributed by atoms with van der Waals surface area (Å²) in [6.45, 7) is 7.65. The van der Waals surface area contributed by atoms with E-state index in [9.17, 15) is 14.4 Å². The fraction of sp³-hybridized carbons (Fsp3) is 0.571. The highest BCUT2D eigenvalue weighted by molar-refractivity contribution is 5.94. The van der Waals surface area contributed by atoms with Gasteiger partial charge in [0, 0.05) is 5.56 Å². The van der Waals surface area contributed by atoms with Crippen molar-refractivity contribution in [3.8, 4) is 5.75 Å². The van der Waals surface area contributed by atoms with Crippen LogP contribution in [0.1, 0.15) is 83.5 Å². The van der Waals surface area contributed by atoms with Gasteiger partial charge in [-0.15, -0.1) is 0 Å². The van der Waals surface area contributed by atoms with E-state index in [4.69, 9.17) is 4.74 Å². The Morgan fingerprint density at radius 1 is 0.680 bits per heavy atom. The Bertz CT molecular complexity index is 454. The van der Waals surface area contributed by atoms with E-state index in [1.807, 2.05) is 0 Å². The Morgan fingerprint density at radius 3 is 1.16 bits per heavy atom. The summed E-state index contributed by atoms with van der Waals surface area (Å²) in [5, 5.41) is 0. The van der Waals surface area contributed by atoms with Gasteiger partial charge in [0.15, 0.2) is 5.78 Å². The molecule has 0 atom stereocenters. The monoisotopic (exact) mass is 350 g/mol. The largest absolute Gasteiger partial charge is 0.497 e. The van der Waals surface area contributed by atoms with Crippen LogP contribution in [0.3, 0.4) is 0 Å². The van der Waals surface area contributed by atoms with Crippen LogP contribution in [-0.2, 0) is 9.59 Å². The highest BCUT2D eigenvalue weighted by atomic mass is 16.5. The molecular weight excluding hydrogens is 316 g/mol. The fourth-order valence-corrected chi connectivity index (χ4v) is 1.89. The minimum atomic E-state index is 0.0765. The van der Waals surface area contributed by atoms with Crippen LogP contribution in [0.2, 0.25) is 0 Å². The minimum absolute atomic E-state index is 0.0765. The Kier molecular flexibility index (Phi) is 17.1. The maximum Gasteiger partial charge on any atom is 0.159 e. The van der Waals surface area contributed by atoms with Crippen LogP contribution in [-0.4, -0.2) is 24.5 Å². The smallest absolute Gasteiger partial charge is 0.159 e. The third-order valence-electron chi connectivity index (χ3n) is 3.00. The van der Waals surface area contributed by atoms with Gasteiger partial charge >= 0.3 is 0 Å². The number of carbonyl (C=O) groups is 3. The Hall–Kier alpha value is -1.97. The van der Waals surface area contributed by atoms with Crippen molar-refractivity contribution in [3.05, 3.63) is 29.8 Å². The van der Waals surface area contributed by atoms with Crippen LogP contribution in [0, 0.1) is 0 Å². The summed E-state index contributed by atoms with van der Waals surface area (Å²) in [6, 6.07) is 7.05. The standard InChI is InChI=1S/C9H10O2.C6H12.2C3H6O/c1-7(10)8-3-5-9(11-2)6-4-8;1-2-4-6-5-3-1;2*1-3(2)4/h3-6H,1-2H3;1-6H2;2*1-2H3. The predicted molar refractivity (Wildman–Crippen MR) is 103 cm³/mol. The summed E-state index contributed by atoms with van der Waals surface area (Å²) in [5.41, 5.74) is 0.714. The van der Waals surface area contributed by atoms with E-state index < -0.39 is 0 Å². The average Bonchev–Trinajstić information content (AvgIpc) is 2.56. The van der Waals surface area contributed by atoms with Gasteiger partial charge in [0.2, 0.25) is 0 Å². The average molecular weight is 350 g/mol. The van der Waals surface area contributed by atoms with E-state index in [0.717, 1.165) is 5.75 Å². The first-order chi connectivity index (χ1) is 11.7. The Morgan fingerprint density at radius 2 is 0.960 bits per heavy atom. The first kappa shape index (κ1) is 25.3. The van der Waals surface area contributed by atoms with Crippen molar-refractivity contribution < 1.29 is 19.1 Å². The molecule has 2 rings (SSSR count). The van der Waals surface area contributed by atoms with Gasteiger partial charge in [-0.05, 0) is 58.9 Å². The van der Waals surface area contributed by atoms with Crippen LogP contribution >= 0.6 is 0 Å². The molecule has 0 aliphatic heterocycles. The minimum Gasteiger partial charge on any atom is -0.497 e. The summed E-state index contributed by atoms with van der Waals surface area (Å²) < 4.78 is 4.94. The highest BCUT2D eigenvalue weighted by Crippen LogP contribution is 2.15. The number of hydrogen-bond donors (Lipinski definition) is 0. The molecular formula is C21H34O4. The summed E-state index contributed by atoms with van der Waals surface area (Å²) in [4.78, 5) is 29.7. The molecule has 0 unspecified atom stereocenters. The second-order valence-electron chi connectivity index (χ2n) is 6.22. The van der Waals surface area contributed by atoms with Crippen LogP contribution in [0.5, 0.6) is 5.75 Å². The SMILES string of the molecule is C1CCCCC1.CC(C)=O.CC(C)=O.COc1ccc(C(C)=O)cc1. The molecule has 0 amide bonds. The molecule has 0 saturated heterocycles. The zero-order valence-electron chi connectivity index (χ0n) is 16.7. The second kappa shape index (κ2) is 16.9. The molecule has 25 heavy (non-hydrogen) atoms. The summed E-state index contributed by atoms with van der Waals surface area (Å²) in [5.74, 6) is 1.18. The predicted octanol–water partition coefficient (Wildman–Crippen LogP) is 5.43. The molecule has 0 bridgehead atoms. The van der Waals surface area contributed by atoms with E-state index in [1.54, 1.807) is 38.3 Å². The number of ketones is 3. The van der Waals surface area contributed by atoms with E-state index in [1.165, 1.54) is 66.2 Å². The number of hydrogen-bond acceptors (Lipinski definition) is 4. The van der Waals surface area contributed by atoms with E-state index >= 15 is 0 Å². The zero-order valence-corrected chi connectivity index (χ0v) is 16.7. The lowest BCUT2D eigenvalue weighted by Crippen LogP contribution is -1.91. The van der Waals surface area contributed by atoms with Crippen LogP contribution in [0.15, 0.2) is 24.3 Å². The third kappa shape index (κ3) is 22.0. The summed E-state index contributed by atoms with van der Waals surface area (Å²) in [7, 11) is 1.60. The molecule has 1 aromatic rings. The number of methoxy groups -OCH3 is 1. The first-order valence-electron chi connectivity index (χ1n) is 8.80. The third-order valence-corrected chi connectivity index (χ3v) is 3.00. The molecule has 0 heterocycles.